The first kappa shape index (κ1) is 14.1. The molecule has 0 aliphatic heterocycles. The zero-order chi connectivity index (χ0) is 16.8. The minimum atomic E-state index is 0.0705. The third-order valence-electron chi connectivity index (χ3n) is 4.60. The van der Waals surface area contributed by atoms with Gasteiger partial charge < -0.3 is 5.32 Å². The van der Waals surface area contributed by atoms with E-state index in [-0.39, 0.29) is 11.8 Å². The molecule has 1 fully saturated rings. The lowest BCUT2D eigenvalue weighted by atomic mass is 10.0. The molecule has 5 rings (SSSR count). The van der Waals surface area contributed by atoms with Crippen LogP contribution in [0.2, 0.25) is 0 Å². The number of H-pyrrole nitrogens is 1. The number of carbonyl (C=O) groups is 1. The Kier molecular flexibility index (Phi) is 3.03. The van der Waals surface area contributed by atoms with Crippen LogP contribution in [0.4, 0.5) is 5.82 Å². The number of rotatable bonds is 3. The summed E-state index contributed by atoms with van der Waals surface area (Å²) >= 11 is 0. The maximum Gasteiger partial charge on any atom is 0.228 e. The first-order valence-electron chi connectivity index (χ1n) is 8.26. The molecule has 0 saturated heterocycles. The average Bonchev–Trinajstić information content (AvgIpc) is 3.38. The number of benzene rings is 1. The molecule has 0 bridgehead atoms. The Bertz CT molecular complexity index is 1110. The molecule has 0 spiro atoms. The van der Waals surface area contributed by atoms with E-state index in [1.54, 1.807) is 12.4 Å². The molecule has 122 valence electrons. The predicted molar refractivity (Wildman–Crippen MR) is 96.0 cm³/mol. The Morgan fingerprint density at radius 2 is 2.00 bits per heavy atom. The third kappa shape index (κ3) is 2.52. The van der Waals surface area contributed by atoms with Crippen LogP contribution < -0.4 is 5.32 Å². The number of hydrogen-bond donors (Lipinski definition) is 2. The fraction of sp³-hybridized carbons (Fsp3) is 0.158. The van der Waals surface area contributed by atoms with E-state index in [1.165, 1.54) is 0 Å². The van der Waals surface area contributed by atoms with Crippen molar-refractivity contribution in [1.29, 1.82) is 0 Å². The molecule has 0 unspecified atom stereocenters. The molecule has 1 amide bonds. The van der Waals surface area contributed by atoms with E-state index in [1.807, 2.05) is 24.5 Å². The topological polar surface area (TPSA) is 83.6 Å². The standard InChI is InChI=1S/C19H15N5O/c25-19(11-1-2-11)23-18-6-12-3-4-13(5-14(12)7-21-18)15-8-20-10-17-16(15)9-22-24-17/h3-11H,1-2H2,(H,22,24)(H,21,23,25). The molecule has 2 N–H and O–H groups in total. The second kappa shape index (κ2) is 5.37. The minimum absolute atomic E-state index is 0.0705. The molecule has 1 saturated carbocycles. The van der Waals surface area contributed by atoms with Crippen molar-refractivity contribution in [2.75, 3.05) is 5.32 Å². The maximum absolute atomic E-state index is 11.9. The lowest BCUT2D eigenvalue weighted by molar-refractivity contribution is -0.117. The molecule has 0 radical (unpaired) electrons. The van der Waals surface area contributed by atoms with Crippen LogP contribution >= 0.6 is 0 Å². The van der Waals surface area contributed by atoms with Gasteiger partial charge >= 0.3 is 0 Å². The van der Waals surface area contributed by atoms with Crippen LogP contribution in [0.25, 0.3) is 32.8 Å². The number of pyridine rings is 2. The summed E-state index contributed by atoms with van der Waals surface area (Å²) in [4.78, 5) is 20.5. The molecule has 0 atom stereocenters. The smallest absolute Gasteiger partial charge is 0.228 e. The summed E-state index contributed by atoms with van der Waals surface area (Å²) in [7, 11) is 0. The van der Waals surface area contributed by atoms with Crippen LogP contribution in [0.15, 0.2) is 49.1 Å². The number of carbonyl (C=O) groups excluding carboxylic acids is 1. The Balaban J connectivity index is 1.53. The molecular formula is C19H15N5O. The molecule has 3 aromatic heterocycles. The highest BCUT2D eigenvalue weighted by Gasteiger charge is 2.29. The lowest BCUT2D eigenvalue weighted by Crippen LogP contribution is -2.14. The van der Waals surface area contributed by atoms with Crippen molar-refractivity contribution in [2.24, 2.45) is 5.92 Å². The fourth-order valence-electron chi connectivity index (χ4n) is 3.05. The van der Waals surface area contributed by atoms with Gasteiger partial charge in [0.15, 0.2) is 0 Å². The van der Waals surface area contributed by atoms with Gasteiger partial charge in [-0.3, -0.25) is 14.9 Å². The second-order valence-electron chi connectivity index (χ2n) is 6.41. The average molecular weight is 329 g/mol. The number of anilines is 1. The second-order valence-corrected chi connectivity index (χ2v) is 6.41. The molecule has 6 nitrogen and oxygen atoms in total. The summed E-state index contributed by atoms with van der Waals surface area (Å²) in [5.74, 6) is 0.847. The number of amides is 1. The van der Waals surface area contributed by atoms with E-state index in [4.69, 9.17) is 0 Å². The van der Waals surface area contributed by atoms with Gasteiger partial charge in [-0.15, -0.1) is 0 Å². The molecular weight excluding hydrogens is 314 g/mol. The van der Waals surface area contributed by atoms with Crippen molar-refractivity contribution in [3.63, 3.8) is 0 Å². The van der Waals surface area contributed by atoms with Gasteiger partial charge in [0, 0.05) is 34.6 Å². The van der Waals surface area contributed by atoms with Crippen molar-refractivity contribution in [1.82, 2.24) is 20.2 Å². The summed E-state index contributed by atoms with van der Waals surface area (Å²) in [5, 5.41) is 13.0. The number of fused-ring (bicyclic) bond motifs is 2. The van der Waals surface area contributed by atoms with Crippen LogP contribution in [0, 0.1) is 5.92 Å². The van der Waals surface area contributed by atoms with Crippen molar-refractivity contribution in [3.8, 4) is 11.1 Å². The summed E-state index contributed by atoms with van der Waals surface area (Å²) in [6, 6.07) is 8.09. The molecule has 4 aromatic rings. The first-order chi connectivity index (χ1) is 12.3. The van der Waals surface area contributed by atoms with Crippen molar-refractivity contribution < 1.29 is 4.79 Å². The summed E-state index contributed by atoms with van der Waals surface area (Å²) in [6.07, 6.45) is 9.18. The Labute approximate surface area is 143 Å². The Hall–Kier alpha value is -3.28. The number of nitrogens with one attached hydrogen (secondary N) is 2. The van der Waals surface area contributed by atoms with Crippen LogP contribution in [-0.2, 0) is 4.79 Å². The van der Waals surface area contributed by atoms with Gasteiger partial charge in [-0.25, -0.2) is 4.98 Å². The zero-order valence-corrected chi connectivity index (χ0v) is 13.4. The number of hydrogen-bond acceptors (Lipinski definition) is 4. The normalized spacial score (nSPS) is 14.1. The van der Waals surface area contributed by atoms with Crippen molar-refractivity contribution >= 4 is 33.4 Å². The predicted octanol–water partition coefficient (Wildman–Crippen LogP) is 3.52. The van der Waals surface area contributed by atoms with Gasteiger partial charge in [0.2, 0.25) is 5.91 Å². The van der Waals surface area contributed by atoms with Gasteiger partial charge in [-0.2, -0.15) is 5.10 Å². The van der Waals surface area contributed by atoms with E-state index in [9.17, 15) is 4.79 Å². The largest absolute Gasteiger partial charge is 0.310 e. The summed E-state index contributed by atoms with van der Waals surface area (Å²) < 4.78 is 0. The highest BCUT2D eigenvalue weighted by atomic mass is 16.2. The van der Waals surface area contributed by atoms with E-state index in [0.29, 0.717) is 5.82 Å². The van der Waals surface area contributed by atoms with Crippen LogP contribution in [0.5, 0.6) is 0 Å². The highest BCUT2D eigenvalue weighted by molar-refractivity contribution is 5.98. The quantitative estimate of drug-likeness (QED) is 0.602. The Morgan fingerprint density at radius 3 is 2.88 bits per heavy atom. The third-order valence-corrected chi connectivity index (χ3v) is 4.60. The monoisotopic (exact) mass is 329 g/mol. The van der Waals surface area contributed by atoms with E-state index in [2.05, 4.69) is 37.6 Å². The fourth-order valence-corrected chi connectivity index (χ4v) is 3.05. The zero-order valence-electron chi connectivity index (χ0n) is 13.4. The summed E-state index contributed by atoms with van der Waals surface area (Å²) in [6.45, 7) is 0. The van der Waals surface area contributed by atoms with E-state index < -0.39 is 0 Å². The molecule has 1 aliphatic carbocycles. The SMILES string of the molecule is O=C(Nc1cc2ccc(-c3cncc4[nH]ncc34)cc2cn1)C1CC1. The van der Waals surface area contributed by atoms with Crippen LogP contribution in [-0.4, -0.2) is 26.1 Å². The van der Waals surface area contributed by atoms with E-state index >= 15 is 0 Å². The van der Waals surface area contributed by atoms with Gasteiger partial charge in [-0.05, 0) is 35.9 Å². The minimum Gasteiger partial charge on any atom is -0.310 e. The van der Waals surface area contributed by atoms with E-state index in [0.717, 1.165) is 45.6 Å². The van der Waals surface area contributed by atoms with Crippen LogP contribution in [0.3, 0.4) is 0 Å². The van der Waals surface area contributed by atoms with Gasteiger partial charge in [0.1, 0.15) is 5.82 Å². The molecule has 6 heteroatoms. The number of aromatic nitrogens is 4. The molecule has 1 aliphatic rings. The maximum atomic E-state index is 11.9. The highest BCUT2D eigenvalue weighted by Crippen LogP contribution is 2.31. The first-order valence-corrected chi connectivity index (χ1v) is 8.26. The Morgan fingerprint density at radius 1 is 1.08 bits per heavy atom. The lowest BCUT2D eigenvalue weighted by Gasteiger charge is -2.07. The molecule has 25 heavy (non-hydrogen) atoms. The van der Waals surface area contributed by atoms with Crippen molar-refractivity contribution in [3.05, 3.63) is 49.1 Å². The van der Waals surface area contributed by atoms with Gasteiger partial charge in [0.05, 0.1) is 17.9 Å². The van der Waals surface area contributed by atoms with Gasteiger partial charge in [0.25, 0.3) is 0 Å². The van der Waals surface area contributed by atoms with Crippen molar-refractivity contribution in [2.45, 2.75) is 12.8 Å². The number of nitrogens with zero attached hydrogens (tertiary/aromatic N) is 3. The van der Waals surface area contributed by atoms with Gasteiger partial charge in [-0.1, -0.05) is 12.1 Å². The van der Waals surface area contributed by atoms with Crippen LogP contribution in [0.1, 0.15) is 12.8 Å². The molecule has 3 heterocycles. The molecule has 1 aromatic carbocycles. The number of aromatic amines is 1. The summed E-state index contributed by atoms with van der Waals surface area (Å²) in [5.41, 5.74) is 3.00.